The largest absolute Gasteiger partial charge is 0.416 e. The molecule has 1 aromatic carbocycles. The van der Waals surface area contributed by atoms with Gasteiger partial charge in [0.15, 0.2) is 0 Å². The van der Waals surface area contributed by atoms with Gasteiger partial charge in [-0.25, -0.2) is 4.79 Å². The standard InChI is InChI=1S/C18H24F3N3O2/c1-23-8-5-15(12-23)22-16(25)24-9-6-17(26,7-10-24)13-3-2-4-14(11-13)18(19,20)21/h2-4,11,15,26H,5-10,12H2,1H3,(H,22,25)/t15-/m0/s1. The van der Waals surface area contributed by atoms with Gasteiger partial charge in [0.05, 0.1) is 11.2 Å². The molecule has 0 unspecified atom stereocenters. The number of hydrogen-bond donors (Lipinski definition) is 2. The van der Waals surface area contributed by atoms with E-state index >= 15 is 0 Å². The molecular formula is C18H24F3N3O2. The number of hydrogen-bond acceptors (Lipinski definition) is 3. The molecule has 2 saturated heterocycles. The number of aliphatic hydroxyl groups is 1. The van der Waals surface area contributed by atoms with Crippen LogP contribution in [0.25, 0.3) is 0 Å². The fourth-order valence-electron chi connectivity index (χ4n) is 3.67. The van der Waals surface area contributed by atoms with Crippen LogP contribution in [0.5, 0.6) is 0 Å². The van der Waals surface area contributed by atoms with Gasteiger partial charge in [0.25, 0.3) is 0 Å². The van der Waals surface area contributed by atoms with Crippen LogP contribution in [0.2, 0.25) is 0 Å². The third-order valence-electron chi connectivity index (χ3n) is 5.32. The summed E-state index contributed by atoms with van der Waals surface area (Å²) in [5, 5.41) is 13.8. The van der Waals surface area contributed by atoms with Crippen molar-refractivity contribution in [3.63, 3.8) is 0 Å². The van der Waals surface area contributed by atoms with Gasteiger partial charge in [-0.15, -0.1) is 0 Å². The molecule has 3 rings (SSSR count). The first-order valence-corrected chi connectivity index (χ1v) is 8.81. The van der Waals surface area contributed by atoms with E-state index in [2.05, 4.69) is 10.2 Å². The number of likely N-dealkylation sites (tertiary alicyclic amines) is 2. The Bertz CT molecular complexity index is 657. The molecule has 2 N–H and O–H groups in total. The Morgan fingerprint density at radius 2 is 1.96 bits per heavy atom. The van der Waals surface area contributed by atoms with Gasteiger partial charge in [0.2, 0.25) is 0 Å². The average molecular weight is 371 g/mol. The van der Waals surface area contributed by atoms with Crippen LogP contribution in [0.4, 0.5) is 18.0 Å². The smallest absolute Gasteiger partial charge is 0.385 e. The van der Waals surface area contributed by atoms with Gasteiger partial charge in [-0.1, -0.05) is 12.1 Å². The van der Waals surface area contributed by atoms with Gasteiger partial charge >= 0.3 is 12.2 Å². The number of amides is 2. The highest BCUT2D eigenvalue weighted by Gasteiger charge is 2.38. The van der Waals surface area contributed by atoms with Gasteiger partial charge in [-0.2, -0.15) is 13.2 Å². The van der Waals surface area contributed by atoms with E-state index in [9.17, 15) is 23.1 Å². The second kappa shape index (κ2) is 7.08. The number of piperidine rings is 1. The third-order valence-corrected chi connectivity index (χ3v) is 5.32. The van der Waals surface area contributed by atoms with Crippen molar-refractivity contribution in [3.05, 3.63) is 35.4 Å². The van der Waals surface area contributed by atoms with Crippen molar-refractivity contribution in [2.45, 2.75) is 37.1 Å². The summed E-state index contributed by atoms with van der Waals surface area (Å²) < 4.78 is 38.7. The predicted molar refractivity (Wildman–Crippen MR) is 90.6 cm³/mol. The van der Waals surface area contributed by atoms with E-state index in [1.165, 1.54) is 12.1 Å². The minimum Gasteiger partial charge on any atom is -0.385 e. The summed E-state index contributed by atoms with van der Waals surface area (Å²) in [7, 11) is 2.00. The highest BCUT2D eigenvalue weighted by Crippen LogP contribution is 2.36. The molecule has 0 aromatic heterocycles. The number of carbonyl (C=O) groups excluding carboxylic acids is 1. The van der Waals surface area contributed by atoms with E-state index in [1.54, 1.807) is 4.90 Å². The number of alkyl halides is 3. The zero-order valence-corrected chi connectivity index (χ0v) is 14.7. The van der Waals surface area contributed by atoms with Crippen LogP contribution in [-0.4, -0.2) is 60.2 Å². The van der Waals surface area contributed by atoms with E-state index in [-0.39, 0.29) is 30.5 Å². The molecule has 1 aromatic rings. The lowest BCUT2D eigenvalue weighted by Gasteiger charge is -2.39. The van der Waals surface area contributed by atoms with Crippen molar-refractivity contribution in [1.82, 2.24) is 15.1 Å². The van der Waals surface area contributed by atoms with E-state index in [0.717, 1.165) is 31.6 Å². The molecule has 2 aliphatic rings. The number of benzene rings is 1. The number of halogens is 3. The van der Waals surface area contributed by atoms with Crippen molar-refractivity contribution in [2.24, 2.45) is 0 Å². The summed E-state index contributed by atoms with van der Waals surface area (Å²) in [4.78, 5) is 16.1. The van der Waals surface area contributed by atoms with Gasteiger partial charge < -0.3 is 20.2 Å². The molecule has 5 nitrogen and oxygen atoms in total. The molecule has 0 saturated carbocycles. The van der Waals surface area contributed by atoms with Gasteiger partial charge in [-0.3, -0.25) is 0 Å². The molecule has 8 heteroatoms. The number of urea groups is 1. The van der Waals surface area contributed by atoms with Crippen LogP contribution in [0.1, 0.15) is 30.4 Å². The first-order chi connectivity index (χ1) is 12.2. The molecular weight excluding hydrogens is 347 g/mol. The highest BCUT2D eigenvalue weighted by atomic mass is 19.4. The maximum Gasteiger partial charge on any atom is 0.416 e. The molecule has 144 valence electrons. The fraction of sp³-hybridized carbons (Fsp3) is 0.611. The van der Waals surface area contributed by atoms with Gasteiger partial charge in [0, 0.05) is 25.7 Å². The van der Waals surface area contributed by atoms with Crippen molar-refractivity contribution >= 4 is 6.03 Å². The Morgan fingerprint density at radius 1 is 1.27 bits per heavy atom. The van der Waals surface area contributed by atoms with E-state index < -0.39 is 17.3 Å². The SMILES string of the molecule is CN1CC[C@H](NC(=O)N2CCC(O)(c3cccc(C(F)(F)F)c3)CC2)C1. The lowest BCUT2D eigenvalue weighted by molar-refractivity contribution is -0.137. The Labute approximate surface area is 150 Å². The fourth-order valence-corrected chi connectivity index (χ4v) is 3.67. The van der Waals surface area contributed by atoms with Crippen LogP contribution < -0.4 is 5.32 Å². The minimum absolute atomic E-state index is 0.122. The molecule has 0 bridgehead atoms. The molecule has 2 heterocycles. The van der Waals surface area contributed by atoms with Crippen molar-refractivity contribution in [1.29, 1.82) is 0 Å². The number of nitrogens with zero attached hydrogens (tertiary/aromatic N) is 2. The zero-order chi connectivity index (χ0) is 18.9. The Morgan fingerprint density at radius 3 is 2.54 bits per heavy atom. The maximum atomic E-state index is 12.9. The van der Waals surface area contributed by atoms with Crippen molar-refractivity contribution in [3.8, 4) is 0 Å². The Balaban J connectivity index is 1.61. The Kier molecular flexibility index (Phi) is 5.16. The lowest BCUT2D eigenvalue weighted by Crippen LogP contribution is -2.51. The summed E-state index contributed by atoms with van der Waals surface area (Å²) in [6.45, 7) is 2.37. The molecule has 2 fully saturated rings. The quantitative estimate of drug-likeness (QED) is 0.840. The lowest BCUT2D eigenvalue weighted by atomic mass is 9.84. The molecule has 0 spiro atoms. The summed E-state index contributed by atoms with van der Waals surface area (Å²) in [5.74, 6) is 0. The first-order valence-electron chi connectivity index (χ1n) is 8.81. The number of rotatable bonds is 2. The van der Waals surface area contributed by atoms with E-state index in [1.807, 2.05) is 7.05 Å². The topological polar surface area (TPSA) is 55.8 Å². The molecule has 2 amide bonds. The second-order valence-corrected chi connectivity index (χ2v) is 7.29. The first kappa shape index (κ1) is 19.0. The number of nitrogens with one attached hydrogen (secondary N) is 1. The molecule has 1 atom stereocenters. The minimum atomic E-state index is -4.44. The predicted octanol–water partition coefficient (Wildman–Crippen LogP) is 2.40. The van der Waals surface area contributed by atoms with Crippen LogP contribution in [0.3, 0.4) is 0 Å². The van der Waals surface area contributed by atoms with Gasteiger partial charge in [-0.05, 0) is 50.6 Å². The zero-order valence-electron chi connectivity index (χ0n) is 14.7. The number of likely N-dealkylation sites (N-methyl/N-ethyl adjacent to an activating group) is 1. The Hall–Kier alpha value is -1.80. The third kappa shape index (κ3) is 4.12. The van der Waals surface area contributed by atoms with E-state index in [4.69, 9.17) is 0 Å². The van der Waals surface area contributed by atoms with Crippen molar-refractivity contribution < 1.29 is 23.1 Å². The van der Waals surface area contributed by atoms with Crippen LogP contribution in [0, 0.1) is 0 Å². The summed E-state index contributed by atoms with van der Waals surface area (Å²) >= 11 is 0. The van der Waals surface area contributed by atoms with Gasteiger partial charge in [0.1, 0.15) is 0 Å². The molecule has 0 aliphatic carbocycles. The van der Waals surface area contributed by atoms with E-state index in [0.29, 0.717) is 13.1 Å². The molecule has 2 aliphatic heterocycles. The normalized spacial score (nSPS) is 23.9. The van der Waals surface area contributed by atoms with Crippen LogP contribution in [-0.2, 0) is 11.8 Å². The van der Waals surface area contributed by atoms with Crippen molar-refractivity contribution in [2.75, 3.05) is 33.2 Å². The van der Waals surface area contributed by atoms with Crippen LogP contribution >= 0.6 is 0 Å². The maximum absolute atomic E-state index is 12.9. The summed E-state index contributed by atoms with van der Waals surface area (Å²) in [5.41, 5.74) is -1.86. The van der Waals surface area contributed by atoms with Crippen LogP contribution in [0.15, 0.2) is 24.3 Å². The second-order valence-electron chi connectivity index (χ2n) is 7.29. The molecule has 26 heavy (non-hydrogen) atoms. The summed E-state index contributed by atoms with van der Waals surface area (Å²) in [6.07, 6.45) is -3.11. The number of carbonyl (C=O) groups is 1. The average Bonchev–Trinajstić information content (AvgIpc) is 2.99. The highest BCUT2D eigenvalue weighted by molar-refractivity contribution is 5.74. The molecule has 0 radical (unpaired) electrons. The summed E-state index contributed by atoms with van der Waals surface area (Å²) in [6, 6.07) is 4.77. The monoisotopic (exact) mass is 371 g/mol.